The second-order valence-corrected chi connectivity index (χ2v) is 2.27. The summed E-state index contributed by atoms with van der Waals surface area (Å²) in [7, 11) is 0. The molecule has 5 nitrogen and oxygen atoms in total. The Bertz CT molecular complexity index is 336. The number of benzene rings is 1. The lowest BCUT2D eigenvalue weighted by molar-refractivity contribution is -0.384. The van der Waals surface area contributed by atoms with Gasteiger partial charge in [-0.25, -0.2) is 0 Å². The number of rotatable bonds is 3. The molecule has 0 saturated carbocycles. The molecule has 1 rings (SSSR count). The maximum atomic E-state index is 10.5. The van der Waals surface area contributed by atoms with Crippen LogP contribution in [0.2, 0.25) is 0 Å². The number of nitro benzene ring substituents is 1. The van der Waals surface area contributed by atoms with Gasteiger partial charge in [-0.3, -0.25) is 15.5 Å². The molecule has 0 aliphatic rings. The van der Waals surface area contributed by atoms with Gasteiger partial charge in [-0.15, -0.1) is 0 Å². The van der Waals surface area contributed by atoms with E-state index in [0.29, 0.717) is 5.69 Å². The van der Waals surface area contributed by atoms with E-state index in [9.17, 15) is 10.1 Å². The van der Waals surface area contributed by atoms with Crippen molar-refractivity contribution in [2.24, 2.45) is 5.10 Å². The zero-order valence-electron chi connectivity index (χ0n) is 7.10. The van der Waals surface area contributed by atoms with Crippen LogP contribution in [-0.2, 0) is 0 Å². The van der Waals surface area contributed by atoms with Crippen molar-refractivity contribution in [3.63, 3.8) is 0 Å². The Hall–Kier alpha value is -1.91. The molecule has 0 aliphatic carbocycles. The van der Waals surface area contributed by atoms with Crippen molar-refractivity contribution in [3.8, 4) is 0 Å². The second-order valence-electron chi connectivity index (χ2n) is 2.27. The fourth-order valence-corrected chi connectivity index (χ4v) is 0.861. The lowest BCUT2D eigenvalue weighted by atomic mass is 10.3. The van der Waals surface area contributed by atoms with Crippen LogP contribution >= 0.6 is 0 Å². The molecule has 0 aromatic heterocycles. The van der Waals surface area contributed by atoms with E-state index in [1.165, 1.54) is 12.3 Å². The topological polar surface area (TPSA) is 67.5 Å². The number of hydrazone groups is 1. The van der Waals surface area contributed by atoms with E-state index in [1.54, 1.807) is 25.1 Å². The SMILES string of the molecule is C/C=N/Nc1ccccc1[N+](=O)[O-]. The zero-order valence-corrected chi connectivity index (χ0v) is 7.10. The summed E-state index contributed by atoms with van der Waals surface area (Å²) in [5, 5.41) is 14.2. The largest absolute Gasteiger partial charge is 0.294 e. The molecule has 13 heavy (non-hydrogen) atoms. The molecule has 5 heteroatoms. The highest BCUT2D eigenvalue weighted by atomic mass is 16.6. The van der Waals surface area contributed by atoms with Gasteiger partial charge in [0.15, 0.2) is 0 Å². The molecule has 1 N–H and O–H groups in total. The van der Waals surface area contributed by atoms with E-state index in [4.69, 9.17) is 0 Å². The molecule has 0 saturated heterocycles. The Balaban J connectivity index is 2.97. The first-order chi connectivity index (χ1) is 6.25. The van der Waals surface area contributed by atoms with E-state index in [2.05, 4.69) is 10.5 Å². The number of nitrogens with zero attached hydrogens (tertiary/aromatic N) is 2. The molecule has 68 valence electrons. The van der Waals surface area contributed by atoms with Crippen LogP contribution in [0.1, 0.15) is 6.92 Å². The van der Waals surface area contributed by atoms with E-state index in [0.717, 1.165) is 0 Å². The van der Waals surface area contributed by atoms with Crippen LogP contribution in [0.25, 0.3) is 0 Å². The Kier molecular flexibility index (Phi) is 2.97. The fraction of sp³-hybridized carbons (Fsp3) is 0.125. The summed E-state index contributed by atoms with van der Waals surface area (Å²) in [5.74, 6) is 0. The number of hydrogen-bond donors (Lipinski definition) is 1. The quantitative estimate of drug-likeness (QED) is 0.438. The Labute approximate surface area is 75.2 Å². The standard InChI is InChI=1S/C8H9N3O2/c1-2-9-10-7-5-3-4-6-8(7)11(12)13/h2-6,10H,1H3/b9-2+. The molecule has 0 bridgehead atoms. The Morgan fingerprint density at radius 1 is 1.54 bits per heavy atom. The van der Waals surface area contributed by atoms with Crippen LogP contribution in [-0.4, -0.2) is 11.1 Å². The maximum absolute atomic E-state index is 10.5. The lowest BCUT2D eigenvalue weighted by Crippen LogP contribution is -1.95. The van der Waals surface area contributed by atoms with E-state index in [1.807, 2.05) is 0 Å². The molecule has 1 aromatic carbocycles. The second kappa shape index (κ2) is 4.20. The van der Waals surface area contributed by atoms with E-state index in [-0.39, 0.29) is 5.69 Å². The Morgan fingerprint density at radius 2 is 2.23 bits per heavy atom. The van der Waals surface area contributed by atoms with Gasteiger partial charge in [0.1, 0.15) is 5.69 Å². The smallest absolute Gasteiger partial charge is 0.272 e. The summed E-state index contributed by atoms with van der Waals surface area (Å²) in [6.45, 7) is 1.72. The molecule has 0 aliphatic heterocycles. The van der Waals surface area contributed by atoms with Crippen molar-refractivity contribution >= 4 is 17.6 Å². The van der Waals surface area contributed by atoms with Crippen molar-refractivity contribution < 1.29 is 4.92 Å². The maximum Gasteiger partial charge on any atom is 0.294 e. The van der Waals surface area contributed by atoms with Gasteiger partial charge in [0.05, 0.1) is 4.92 Å². The van der Waals surface area contributed by atoms with Gasteiger partial charge in [0, 0.05) is 12.3 Å². The minimum atomic E-state index is -0.451. The number of para-hydroxylation sites is 2. The van der Waals surface area contributed by atoms with Crippen LogP contribution in [0.4, 0.5) is 11.4 Å². The van der Waals surface area contributed by atoms with Crippen LogP contribution in [0.3, 0.4) is 0 Å². The molecule has 0 spiro atoms. The van der Waals surface area contributed by atoms with Gasteiger partial charge in [0.25, 0.3) is 5.69 Å². The average Bonchev–Trinajstić information content (AvgIpc) is 2.15. The van der Waals surface area contributed by atoms with Crippen molar-refractivity contribution in [1.29, 1.82) is 0 Å². The molecule has 0 unspecified atom stereocenters. The lowest BCUT2D eigenvalue weighted by Gasteiger charge is -1.99. The van der Waals surface area contributed by atoms with Gasteiger partial charge in [-0.1, -0.05) is 12.1 Å². The molecule has 0 atom stereocenters. The summed E-state index contributed by atoms with van der Waals surface area (Å²) < 4.78 is 0. The molecule has 1 aromatic rings. The highest BCUT2D eigenvalue weighted by Gasteiger charge is 2.10. The van der Waals surface area contributed by atoms with Gasteiger partial charge in [0.2, 0.25) is 0 Å². The van der Waals surface area contributed by atoms with Crippen LogP contribution in [0.15, 0.2) is 29.4 Å². The normalized spacial score (nSPS) is 10.2. The first-order valence-corrected chi connectivity index (χ1v) is 3.73. The summed E-state index contributed by atoms with van der Waals surface area (Å²) >= 11 is 0. The minimum absolute atomic E-state index is 0.0214. The third kappa shape index (κ3) is 2.26. The number of anilines is 1. The van der Waals surface area contributed by atoms with Crippen LogP contribution < -0.4 is 5.43 Å². The third-order valence-electron chi connectivity index (χ3n) is 1.41. The third-order valence-corrected chi connectivity index (χ3v) is 1.41. The molecule has 0 heterocycles. The monoisotopic (exact) mass is 179 g/mol. The number of nitrogens with one attached hydrogen (secondary N) is 1. The zero-order chi connectivity index (χ0) is 9.68. The van der Waals surface area contributed by atoms with E-state index < -0.39 is 4.92 Å². The van der Waals surface area contributed by atoms with Crippen molar-refractivity contribution in [1.82, 2.24) is 0 Å². The Morgan fingerprint density at radius 3 is 2.85 bits per heavy atom. The summed E-state index contributed by atoms with van der Waals surface area (Å²) in [6, 6.07) is 6.35. The molecular weight excluding hydrogens is 170 g/mol. The highest BCUT2D eigenvalue weighted by Crippen LogP contribution is 2.22. The minimum Gasteiger partial charge on any atom is -0.272 e. The summed E-state index contributed by atoms with van der Waals surface area (Å²) in [5.41, 5.74) is 2.99. The van der Waals surface area contributed by atoms with Crippen molar-refractivity contribution in [2.75, 3.05) is 5.43 Å². The van der Waals surface area contributed by atoms with Gasteiger partial charge in [-0.2, -0.15) is 5.10 Å². The first-order valence-electron chi connectivity index (χ1n) is 3.73. The van der Waals surface area contributed by atoms with Crippen LogP contribution in [0.5, 0.6) is 0 Å². The molecule has 0 fully saturated rings. The molecule has 0 amide bonds. The van der Waals surface area contributed by atoms with Crippen LogP contribution in [0, 0.1) is 10.1 Å². The van der Waals surface area contributed by atoms with Gasteiger partial charge in [-0.05, 0) is 13.0 Å². The fourth-order valence-electron chi connectivity index (χ4n) is 0.861. The predicted octanol–water partition coefficient (Wildman–Crippen LogP) is 2.01. The molecule has 0 radical (unpaired) electrons. The summed E-state index contributed by atoms with van der Waals surface area (Å²) in [4.78, 5) is 10.0. The van der Waals surface area contributed by atoms with Gasteiger partial charge < -0.3 is 0 Å². The summed E-state index contributed by atoms with van der Waals surface area (Å²) in [6.07, 6.45) is 1.52. The van der Waals surface area contributed by atoms with Gasteiger partial charge >= 0.3 is 0 Å². The first kappa shape index (κ1) is 9.18. The molecular formula is C8H9N3O2. The predicted molar refractivity (Wildman–Crippen MR) is 50.9 cm³/mol. The number of hydrogen-bond acceptors (Lipinski definition) is 4. The highest BCUT2D eigenvalue weighted by molar-refractivity contribution is 5.63. The van der Waals surface area contributed by atoms with E-state index >= 15 is 0 Å². The number of nitro groups is 1. The van der Waals surface area contributed by atoms with Crippen molar-refractivity contribution in [2.45, 2.75) is 6.92 Å². The van der Waals surface area contributed by atoms with Crippen molar-refractivity contribution in [3.05, 3.63) is 34.4 Å². The average molecular weight is 179 g/mol.